The molecule has 1 aromatic carbocycles. The Morgan fingerprint density at radius 3 is 2.65 bits per heavy atom. The molecular weight excluding hydrogens is 228 g/mol. The molecule has 0 spiro atoms. The van der Waals surface area contributed by atoms with E-state index in [1.54, 1.807) is 0 Å². The summed E-state index contributed by atoms with van der Waals surface area (Å²) in [4.78, 5) is 11.6. The SMILES string of the molecule is O=C(Cc1cc(F)cc(F)c1)N[C@@H]1CCOC1. The first-order chi connectivity index (χ1) is 8.13. The molecule has 1 atom stereocenters. The number of nitrogens with one attached hydrogen (secondary N) is 1. The lowest BCUT2D eigenvalue weighted by Crippen LogP contribution is -2.36. The molecule has 1 aromatic rings. The summed E-state index contributed by atoms with van der Waals surface area (Å²) in [6.07, 6.45) is 0.758. The van der Waals surface area contributed by atoms with Gasteiger partial charge in [-0.05, 0) is 24.1 Å². The summed E-state index contributed by atoms with van der Waals surface area (Å²) in [5.74, 6) is -1.58. The van der Waals surface area contributed by atoms with Crippen LogP contribution in [0.4, 0.5) is 8.78 Å². The molecule has 1 heterocycles. The van der Waals surface area contributed by atoms with Crippen LogP contribution in [0.1, 0.15) is 12.0 Å². The second kappa shape index (κ2) is 5.23. The van der Waals surface area contributed by atoms with Crippen LogP contribution in [0.25, 0.3) is 0 Å². The normalized spacial score (nSPS) is 19.3. The quantitative estimate of drug-likeness (QED) is 0.869. The van der Waals surface area contributed by atoms with Crippen LogP contribution in [0.5, 0.6) is 0 Å². The lowest BCUT2D eigenvalue weighted by Gasteiger charge is -2.10. The molecule has 1 amide bonds. The molecule has 92 valence electrons. The highest BCUT2D eigenvalue weighted by molar-refractivity contribution is 5.78. The molecule has 0 aromatic heterocycles. The molecule has 3 nitrogen and oxygen atoms in total. The van der Waals surface area contributed by atoms with Gasteiger partial charge in [0.25, 0.3) is 0 Å². The standard InChI is InChI=1S/C12H13F2NO2/c13-9-3-8(4-10(14)6-9)5-12(16)15-11-1-2-17-7-11/h3-4,6,11H,1-2,5,7H2,(H,15,16)/t11-/m1/s1. The van der Waals surface area contributed by atoms with Gasteiger partial charge in [0.15, 0.2) is 0 Å². The predicted molar refractivity (Wildman–Crippen MR) is 57.4 cm³/mol. The zero-order valence-electron chi connectivity index (χ0n) is 9.21. The average molecular weight is 241 g/mol. The smallest absolute Gasteiger partial charge is 0.224 e. The van der Waals surface area contributed by atoms with Gasteiger partial charge in [0.1, 0.15) is 11.6 Å². The van der Waals surface area contributed by atoms with Gasteiger partial charge in [-0.1, -0.05) is 0 Å². The number of benzene rings is 1. The number of hydrogen-bond acceptors (Lipinski definition) is 2. The van der Waals surface area contributed by atoms with E-state index in [4.69, 9.17) is 4.74 Å². The Balaban J connectivity index is 1.92. The van der Waals surface area contributed by atoms with E-state index in [0.717, 1.165) is 24.6 Å². The summed E-state index contributed by atoms with van der Waals surface area (Å²) < 4.78 is 30.9. The van der Waals surface area contributed by atoms with Crippen LogP contribution < -0.4 is 5.32 Å². The Hall–Kier alpha value is -1.49. The Morgan fingerprint density at radius 2 is 2.06 bits per heavy atom. The predicted octanol–water partition coefficient (Wildman–Crippen LogP) is 1.41. The molecule has 5 heteroatoms. The van der Waals surface area contributed by atoms with Crippen molar-refractivity contribution in [2.45, 2.75) is 18.9 Å². The minimum absolute atomic E-state index is 0.0147. The molecule has 0 aliphatic carbocycles. The van der Waals surface area contributed by atoms with Crippen LogP contribution in [0.15, 0.2) is 18.2 Å². The highest BCUT2D eigenvalue weighted by atomic mass is 19.1. The Kier molecular flexibility index (Phi) is 3.68. The van der Waals surface area contributed by atoms with Gasteiger partial charge in [-0.3, -0.25) is 4.79 Å². The summed E-state index contributed by atoms with van der Waals surface area (Å²) in [5, 5.41) is 2.76. The number of carbonyl (C=O) groups excluding carboxylic acids is 1. The molecule has 1 saturated heterocycles. The van der Waals surface area contributed by atoms with Gasteiger partial charge in [-0.15, -0.1) is 0 Å². The van der Waals surface area contributed by atoms with Crippen molar-refractivity contribution in [3.8, 4) is 0 Å². The largest absolute Gasteiger partial charge is 0.379 e. The fraction of sp³-hybridized carbons (Fsp3) is 0.417. The number of amides is 1. The van der Waals surface area contributed by atoms with Crippen molar-refractivity contribution < 1.29 is 18.3 Å². The molecule has 0 radical (unpaired) electrons. The second-order valence-corrected chi connectivity index (χ2v) is 4.08. The molecule has 1 N–H and O–H groups in total. The fourth-order valence-corrected chi connectivity index (χ4v) is 1.83. The van der Waals surface area contributed by atoms with Crippen LogP contribution in [0.3, 0.4) is 0 Å². The van der Waals surface area contributed by atoms with Crippen LogP contribution in [0, 0.1) is 11.6 Å². The van der Waals surface area contributed by atoms with Crippen molar-refractivity contribution in [3.05, 3.63) is 35.4 Å². The third kappa shape index (κ3) is 3.49. The summed E-state index contributed by atoms with van der Waals surface area (Å²) in [7, 11) is 0. The van der Waals surface area contributed by atoms with Gasteiger partial charge in [0.05, 0.1) is 19.1 Å². The Bertz CT molecular complexity index is 397. The number of ether oxygens (including phenoxy) is 1. The minimum atomic E-state index is -0.669. The molecule has 1 aliphatic rings. The Labute approximate surface area is 97.8 Å². The van der Waals surface area contributed by atoms with E-state index in [9.17, 15) is 13.6 Å². The van der Waals surface area contributed by atoms with E-state index in [1.807, 2.05) is 0 Å². The molecule has 0 unspecified atom stereocenters. The zero-order valence-corrected chi connectivity index (χ0v) is 9.21. The maximum Gasteiger partial charge on any atom is 0.224 e. The number of halogens is 2. The van der Waals surface area contributed by atoms with E-state index in [-0.39, 0.29) is 18.4 Å². The fourth-order valence-electron chi connectivity index (χ4n) is 1.83. The number of hydrogen-bond donors (Lipinski definition) is 1. The van der Waals surface area contributed by atoms with E-state index in [2.05, 4.69) is 5.32 Å². The van der Waals surface area contributed by atoms with E-state index >= 15 is 0 Å². The highest BCUT2D eigenvalue weighted by Gasteiger charge is 2.17. The summed E-state index contributed by atoms with van der Waals surface area (Å²) in [6.45, 7) is 1.14. The maximum atomic E-state index is 12.9. The molecule has 1 aliphatic heterocycles. The first-order valence-electron chi connectivity index (χ1n) is 5.45. The van der Waals surface area contributed by atoms with Crippen LogP contribution >= 0.6 is 0 Å². The van der Waals surface area contributed by atoms with Crippen molar-refractivity contribution in [2.24, 2.45) is 0 Å². The topological polar surface area (TPSA) is 38.3 Å². The number of carbonyl (C=O) groups is 1. The van der Waals surface area contributed by atoms with Crippen molar-refractivity contribution >= 4 is 5.91 Å². The van der Waals surface area contributed by atoms with Crippen LogP contribution in [-0.4, -0.2) is 25.2 Å². The molecular formula is C12H13F2NO2. The van der Waals surface area contributed by atoms with Crippen LogP contribution in [-0.2, 0) is 16.0 Å². The van der Waals surface area contributed by atoms with Gasteiger partial charge in [0, 0.05) is 12.7 Å². The number of rotatable bonds is 3. The average Bonchev–Trinajstić information content (AvgIpc) is 2.67. The molecule has 0 bridgehead atoms. The van der Waals surface area contributed by atoms with Crippen LogP contribution in [0.2, 0.25) is 0 Å². The molecule has 2 rings (SSSR count). The molecule has 1 fully saturated rings. The maximum absolute atomic E-state index is 12.9. The minimum Gasteiger partial charge on any atom is -0.379 e. The second-order valence-electron chi connectivity index (χ2n) is 4.08. The first-order valence-corrected chi connectivity index (χ1v) is 5.45. The third-order valence-electron chi connectivity index (χ3n) is 2.58. The van der Waals surface area contributed by atoms with Crippen molar-refractivity contribution in [1.82, 2.24) is 5.32 Å². The van der Waals surface area contributed by atoms with Gasteiger partial charge >= 0.3 is 0 Å². The lowest BCUT2D eigenvalue weighted by molar-refractivity contribution is -0.121. The third-order valence-corrected chi connectivity index (χ3v) is 2.58. The Morgan fingerprint density at radius 1 is 1.35 bits per heavy atom. The molecule has 17 heavy (non-hydrogen) atoms. The lowest BCUT2D eigenvalue weighted by atomic mass is 10.1. The van der Waals surface area contributed by atoms with Gasteiger partial charge < -0.3 is 10.1 Å². The summed E-state index contributed by atoms with van der Waals surface area (Å²) in [5.41, 5.74) is 0.332. The van der Waals surface area contributed by atoms with Crippen molar-refractivity contribution in [3.63, 3.8) is 0 Å². The van der Waals surface area contributed by atoms with E-state index in [0.29, 0.717) is 18.8 Å². The van der Waals surface area contributed by atoms with Gasteiger partial charge in [-0.2, -0.15) is 0 Å². The summed E-state index contributed by atoms with van der Waals surface area (Å²) in [6, 6.07) is 3.12. The van der Waals surface area contributed by atoms with E-state index in [1.165, 1.54) is 0 Å². The van der Waals surface area contributed by atoms with Crippen molar-refractivity contribution in [1.29, 1.82) is 0 Å². The van der Waals surface area contributed by atoms with Gasteiger partial charge in [0.2, 0.25) is 5.91 Å². The molecule has 0 saturated carbocycles. The van der Waals surface area contributed by atoms with Gasteiger partial charge in [-0.25, -0.2) is 8.78 Å². The zero-order chi connectivity index (χ0) is 12.3. The summed E-state index contributed by atoms with van der Waals surface area (Å²) >= 11 is 0. The highest BCUT2D eigenvalue weighted by Crippen LogP contribution is 2.09. The monoisotopic (exact) mass is 241 g/mol. The first kappa shape index (κ1) is 12.0. The van der Waals surface area contributed by atoms with Crippen molar-refractivity contribution in [2.75, 3.05) is 13.2 Å². The van der Waals surface area contributed by atoms with E-state index < -0.39 is 11.6 Å².